The van der Waals surface area contributed by atoms with Crippen molar-refractivity contribution in [1.82, 2.24) is 19.8 Å². The summed E-state index contributed by atoms with van der Waals surface area (Å²) in [6.45, 7) is 3.73. The number of imidazole rings is 1. The smallest absolute Gasteiger partial charge is 0.341 e. The zero-order valence-electron chi connectivity index (χ0n) is 24.7. The van der Waals surface area contributed by atoms with E-state index in [0.717, 1.165) is 60.0 Å². The summed E-state index contributed by atoms with van der Waals surface area (Å²) >= 11 is 12.4. The van der Waals surface area contributed by atoms with Crippen LogP contribution in [0.5, 0.6) is 0 Å². The third-order valence-electron chi connectivity index (χ3n) is 8.15. The highest BCUT2D eigenvalue weighted by atomic mass is 35.5. The van der Waals surface area contributed by atoms with Crippen molar-refractivity contribution in [3.63, 3.8) is 0 Å². The first kappa shape index (κ1) is 33.9. The van der Waals surface area contributed by atoms with Crippen LogP contribution in [0, 0.1) is 0 Å². The number of benzene rings is 3. The van der Waals surface area contributed by atoms with Gasteiger partial charge in [0.1, 0.15) is 0 Å². The second kappa shape index (κ2) is 13.7. The Hall–Kier alpha value is -3.48. The fraction of sp³-hybridized carbons (Fsp3) is 0.375. The van der Waals surface area contributed by atoms with Crippen molar-refractivity contribution in [1.29, 1.82) is 0 Å². The van der Waals surface area contributed by atoms with Gasteiger partial charge in [-0.3, -0.25) is 4.79 Å². The average molecular weight is 687 g/mol. The minimum atomic E-state index is -5.06. The van der Waals surface area contributed by atoms with Crippen LogP contribution in [-0.4, -0.2) is 72.0 Å². The van der Waals surface area contributed by atoms with E-state index < -0.39 is 35.0 Å². The third-order valence-corrected chi connectivity index (χ3v) is 8.89. The van der Waals surface area contributed by atoms with Gasteiger partial charge in [-0.15, -0.1) is 0 Å². The van der Waals surface area contributed by atoms with Gasteiger partial charge in [-0.2, -0.15) is 26.3 Å². The molecule has 0 spiro atoms. The van der Waals surface area contributed by atoms with Crippen molar-refractivity contribution in [2.24, 2.45) is 0 Å². The molecule has 1 saturated heterocycles. The number of aromatic amines is 1. The highest BCUT2D eigenvalue weighted by molar-refractivity contribution is 6.42. The van der Waals surface area contributed by atoms with E-state index in [2.05, 4.69) is 14.8 Å². The Morgan fingerprint density at radius 1 is 0.913 bits per heavy atom. The first-order chi connectivity index (χ1) is 21.7. The minimum Gasteiger partial charge on any atom is -0.341 e. The van der Waals surface area contributed by atoms with E-state index in [1.165, 1.54) is 7.05 Å². The molecule has 4 aromatic rings. The number of amides is 1. The fourth-order valence-electron chi connectivity index (χ4n) is 5.68. The summed E-state index contributed by atoms with van der Waals surface area (Å²) in [6.07, 6.45) is -8.71. The molecule has 1 aliphatic rings. The van der Waals surface area contributed by atoms with Crippen molar-refractivity contribution >= 4 is 46.1 Å². The molecule has 1 N–H and O–H groups in total. The number of aromatic nitrogens is 2. The topological polar surface area (TPSA) is 55.5 Å². The number of hydrogen-bond donors (Lipinski definition) is 1. The van der Waals surface area contributed by atoms with Crippen LogP contribution in [0.1, 0.15) is 45.8 Å². The van der Waals surface area contributed by atoms with E-state index in [1.54, 1.807) is 18.2 Å². The van der Waals surface area contributed by atoms with E-state index in [9.17, 15) is 31.1 Å². The fourth-order valence-corrected chi connectivity index (χ4v) is 5.98. The second-order valence-electron chi connectivity index (χ2n) is 11.4. The lowest BCUT2D eigenvalue weighted by molar-refractivity contribution is -0.143. The first-order valence-electron chi connectivity index (χ1n) is 14.6. The van der Waals surface area contributed by atoms with Crippen LogP contribution in [0.2, 0.25) is 10.0 Å². The maximum absolute atomic E-state index is 13.4. The summed E-state index contributed by atoms with van der Waals surface area (Å²) in [5.74, 6) is -0.496. The quantitative estimate of drug-likeness (QED) is 0.190. The van der Waals surface area contributed by atoms with Gasteiger partial charge >= 0.3 is 12.4 Å². The Labute approximate surface area is 271 Å². The number of rotatable bonds is 8. The molecule has 0 aliphatic carbocycles. The van der Waals surface area contributed by atoms with Crippen LogP contribution in [0.25, 0.3) is 11.0 Å². The average Bonchev–Trinajstić information content (AvgIpc) is 3.30. The number of halogens is 8. The predicted octanol–water partition coefficient (Wildman–Crippen LogP) is 8.37. The van der Waals surface area contributed by atoms with Gasteiger partial charge in [0.15, 0.2) is 0 Å². The molecule has 246 valence electrons. The monoisotopic (exact) mass is 685 g/mol. The Balaban J connectivity index is 1.31. The molecule has 1 atom stereocenters. The molecule has 1 aromatic heterocycles. The van der Waals surface area contributed by atoms with E-state index >= 15 is 0 Å². The zero-order chi connectivity index (χ0) is 33.2. The summed E-state index contributed by atoms with van der Waals surface area (Å²) in [4.78, 5) is 27.0. The van der Waals surface area contributed by atoms with Crippen LogP contribution in [-0.2, 0) is 12.4 Å². The van der Waals surface area contributed by atoms with Crippen molar-refractivity contribution < 1.29 is 31.1 Å². The van der Waals surface area contributed by atoms with E-state index in [0.29, 0.717) is 35.1 Å². The molecule has 5 rings (SSSR count). The number of alkyl halides is 6. The lowest BCUT2D eigenvalue weighted by Crippen LogP contribution is -2.35. The van der Waals surface area contributed by atoms with Gasteiger partial charge in [-0.05, 0) is 74.0 Å². The van der Waals surface area contributed by atoms with Gasteiger partial charge in [0, 0.05) is 44.7 Å². The predicted molar refractivity (Wildman–Crippen MR) is 167 cm³/mol. The third kappa shape index (κ3) is 8.08. The van der Waals surface area contributed by atoms with Gasteiger partial charge in [-0.25, -0.2) is 4.98 Å². The number of fused-ring (bicyclic) bond motifs is 1. The Morgan fingerprint density at radius 2 is 1.61 bits per heavy atom. The maximum Gasteiger partial charge on any atom is 0.416 e. The van der Waals surface area contributed by atoms with E-state index in [4.69, 9.17) is 28.2 Å². The summed E-state index contributed by atoms with van der Waals surface area (Å²) in [6, 6.07) is 13.8. The standard InChI is InChI=1S/C32H31Cl2F6N5O/c1-43(29(46)22-15-23(31(35,36)37)18-24(16-22)32(38,39)40)19-21(20-7-8-25(33)26(34)17-20)9-12-44-10-4-11-45(14-13-44)30-41-27-5-2-3-6-28(27)42-30/h2-3,5-8,15-18,21H,4,9-14,19H2,1H3,(H,41,42). The molecule has 1 fully saturated rings. The molecule has 6 nitrogen and oxygen atoms in total. The van der Waals surface area contributed by atoms with Crippen molar-refractivity contribution in [3.05, 3.63) is 93.0 Å². The highest BCUT2D eigenvalue weighted by Crippen LogP contribution is 2.37. The summed E-state index contributed by atoms with van der Waals surface area (Å²) in [7, 11) is 1.36. The molecule has 1 unspecified atom stereocenters. The molecule has 0 radical (unpaired) electrons. The number of H-pyrrole nitrogens is 1. The molecule has 1 amide bonds. The van der Waals surface area contributed by atoms with Crippen LogP contribution < -0.4 is 4.90 Å². The lowest BCUT2D eigenvalue weighted by Gasteiger charge is -2.28. The molecule has 0 bridgehead atoms. The number of para-hydroxylation sites is 2. The van der Waals surface area contributed by atoms with E-state index in [-0.39, 0.29) is 18.5 Å². The maximum atomic E-state index is 13.4. The molecular weight excluding hydrogens is 655 g/mol. The summed E-state index contributed by atoms with van der Waals surface area (Å²) in [5.41, 5.74) is -1.19. The highest BCUT2D eigenvalue weighted by Gasteiger charge is 2.38. The number of likely N-dealkylation sites (N-methyl/N-ethyl adjacent to an activating group) is 1. The van der Waals surface area contributed by atoms with Crippen molar-refractivity contribution in [2.45, 2.75) is 31.1 Å². The lowest BCUT2D eigenvalue weighted by atomic mass is 9.94. The SMILES string of the molecule is CN(CC(CCN1CCCN(c2nc3ccccc3[nH]2)CC1)c1ccc(Cl)c(Cl)c1)C(=O)c1cc(C(F)(F)F)cc(C(F)(F)F)c1. The molecular formula is C32H31Cl2F6N5O. The Bertz CT molecular complexity index is 1630. The van der Waals surface area contributed by atoms with Gasteiger partial charge in [0.25, 0.3) is 5.91 Å². The number of nitrogens with zero attached hydrogens (tertiary/aromatic N) is 4. The van der Waals surface area contributed by atoms with Gasteiger partial charge in [0.2, 0.25) is 5.95 Å². The van der Waals surface area contributed by atoms with Gasteiger partial charge in [-0.1, -0.05) is 41.4 Å². The number of hydrogen-bond acceptors (Lipinski definition) is 4. The van der Waals surface area contributed by atoms with Gasteiger partial charge in [0.05, 0.1) is 32.2 Å². The first-order valence-corrected chi connectivity index (χ1v) is 15.4. The summed E-state index contributed by atoms with van der Waals surface area (Å²) in [5, 5.41) is 0.623. The number of carbonyl (C=O) groups is 1. The van der Waals surface area contributed by atoms with Crippen LogP contribution in [0.3, 0.4) is 0 Å². The Morgan fingerprint density at radius 3 is 2.26 bits per heavy atom. The van der Waals surface area contributed by atoms with Crippen molar-refractivity contribution in [3.8, 4) is 0 Å². The number of anilines is 1. The normalized spacial score (nSPS) is 15.6. The van der Waals surface area contributed by atoms with Crippen LogP contribution >= 0.6 is 23.2 Å². The minimum absolute atomic E-state index is 0.00578. The van der Waals surface area contributed by atoms with Crippen LogP contribution in [0.4, 0.5) is 32.3 Å². The summed E-state index contributed by atoms with van der Waals surface area (Å²) < 4.78 is 80.7. The van der Waals surface area contributed by atoms with Crippen molar-refractivity contribution in [2.75, 3.05) is 51.2 Å². The molecule has 14 heteroatoms. The molecule has 46 heavy (non-hydrogen) atoms. The largest absolute Gasteiger partial charge is 0.416 e. The van der Waals surface area contributed by atoms with E-state index in [1.807, 2.05) is 24.3 Å². The van der Waals surface area contributed by atoms with Crippen LogP contribution in [0.15, 0.2) is 60.7 Å². The zero-order valence-corrected chi connectivity index (χ0v) is 26.2. The second-order valence-corrected chi connectivity index (χ2v) is 12.2. The van der Waals surface area contributed by atoms with Gasteiger partial charge < -0.3 is 19.7 Å². The number of nitrogens with one attached hydrogen (secondary N) is 1. The molecule has 3 aromatic carbocycles. The molecule has 2 heterocycles. The molecule has 0 saturated carbocycles. The number of carbonyl (C=O) groups excluding carboxylic acids is 1. The Kier molecular flexibility index (Phi) is 10.1. The molecule has 1 aliphatic heterocycles.